The van der Waals surface area contributed by atoms with Gasteiger partial charge in [0.15, 0.2) is 0 Å². The summed E-state index contributed by atoms with van der Waals surface area (Å²) in [6, 6.07) is 0.253. The lowest BCUT2D eigenvalue weighted by atomic mass is 10.1. The van der Waals surface area contributed by atoms with Crippen LogP contribution in [0.15, 0.2) is 4.79 Å². The van der Waals surface area contributed by atoms with Gasteiger partial charge in [-0.2, -0.15) is 0 Å². The van der Waals surface area contributed by atoms with Crippen molar-refractivity contribution in [3.63, 3.8) is 0 Å². The largest absolute Gasteiger partial charge is 0.353 e. The maximum Gasteiger partial charge on any atom is 0.254 e. The lowest BCUT2D eigenvalue weighted by molar-refractivity contribution is -0.121. The van der Waals surface area contributed by atoms with Gasteiger partial charge < -0.3 is 10.3 Å². The zero-order valence-corrected chi connectivity index (χ0v) is 11.7. The summed E-state index contributed by atoms with van der Waals surface area (Å²) in [5, 5.41) is 2.99. The molecule has 1 heterocycles. The van der Waals surface area contributed by atoms with Crippen molar-refractivity contribution in [1.82, 2.24) is 15.3 Å². The Morgan fingerprint density at radius 3 is 2.74 bits per heavy atom. The van der Waals surface area contributed by atoms with Crippen molar-refractivity contribution in [2.75, 3.05) is 0 Å². The van der Waals surface area contributed by atoms with Crippen molar-refractivity contribution in [3.05, 3.63) is 27.4 Å². The third-order valence-corrected chi connectivity index (χ3v) is 3.66. The molecule has 2 rings (SSSR count). The third-order valence-electron chi connectivity index (χ3n) is 3.66. The number of carbonyl (C=O) groups excluding carboxylic acids is 1. The minimum atomic E-state index is -0.131. The summed E-state index contributed by atoms with van der Waals surface area (Å²) >= 11 is 0. The molecule has 19 heavy (non-hydrogen) atoms. The van der Waals surface area contributed by atoms with E-state index in [1.807, 2.05) is 13.8 Å². The Hall–Kier alpha value is -1.65. The highest BCUT2D eigenvalue weighted by Crippen LogP contribution is 2.32. The minimum Gasteiger partial charge on any atom is -0.353 e. The van der Waals surface area contributed by atoms with Crippen LogP contribution in [0.1, 0.15) is 43.3 Å². The number of hydrogen-bond donors (Lipinski definition) is 2. The van der Waals surface area contributed by atoms with E-state index < -0.39 is 0 Å². The van der Waals surface area contributed by atoms with E-state index in [9.17, 15) is 9.59 Å². The van der Waals surface area contributed by atoms with Gasteiger partial charge in [0.05, 0.1) is 0 Å². The average Bonchev–Trinajstić information content (AvgIpc) is 3.10. The average molecular weight is 263 g/mol. The number of rotatable bonds is 5. The summed E-state index contributed by atoms with van der Waals surface area (Å²) in [5.41, 5.74) is 1.19. The lowest BCUT2D eigenvalue weighted by Gasteiger charge is -2.12. The minimum absolute atomic E-state index is 0.0128. The van der Waals surface area contributed by atoms with E-state index in [0.717, 1.165) is 0 Å². The molecule has 0 spiro atoms. The van der Waals surface area contributed by atoms with Crippen molar-refractivity contribution in [3.8, 4) is 0 Å². The van der Waals surface area contributed by atoms with Gasteiger partial charge in [-0.3, -0.25) is 9.59 Å². The van der Waals surface area contributed by atoms with Gasteiger partial charge in [-0.05, 0) is 46.0 Å². The number of aromatic amines is 1. The van der Waals surface area contributed by atoms with Gasteiger partial charge in [0, 0.05) is 23.7 Å². The fourth-order valence-corrected chi connectivity index (χ4v) is 2.32. The van der Waals surface area contributed by atoms with Crippen LogP contribution in [-0.4, -0.2) is 21.9 Å². The van der Waals surface area contributed by atoms with Crippen LogP contribution in [0.4, 0.5) is 0 Å². The Bertz CT molecular complexity index is 532. The first kappa shape index (κ1) is 13.8. The summed E-state index contributed by atoms with van der Waals surface area (Å²) in [6.45, 7) is 5.60. The summed E-state index contributed by atoms with van der Waals surface area (Å²) in [4.78, 5) is 30.5. The highest BCUT2D eigenvalue weighted by Gasteiger charge is 2.28. The number of aromatic nitrogens is 2. The number of amides is 1. The van der Waals surface area contributed by atoms with Crippen molar-refractivity contribution >= 4 is 5.91 Å². The van der Waals surface area contributed by atoms with E-state index >= 15 is 0 Å². The van der Waals surface area contributed by atoms with Crippen LogP contribution in [0, 0.1) is 19.8 Å². The summed E-state index contributed by atoms with van der Waals surface area (Å²) in [7, 11) is 0. The van der Waals surface area contributed by atoms with Gasteiger partial charge in [-0.25, -0.2) is 4.98 Å². The highest BCUT2D eigenvalue weighted by atomic mass is 16.1. The van der Waals surface area contributed by atoms with Crippen molar-refractivity contribution < 1.29 is 4.79 Å². The summed E-state index contributed by atoms with van der Waals surface area (Å²) < 4.78 is 0. The van der Waals surface area contributed by atoms with Crippen LogP contribution in [-0.2, 0) is 11.2 Å². The van der Waals surface area contributed by atoms with Gasteiger partial charge in [-0.1, -0.05) is 0 Å². The number of nitrogens with one attached hydrogen (secondary N) is 2. The molecule has 1 saturated carbocycles. The molecular formula is C14H21N3O2. The van der Waals surface area contributed by atoms with E-state index in [2.05, 4.69) is 15.3 Å². The standard InChI is InChI=1S/C14H21N3O2/c1-8(11-4-5-11)16-13(18)7-6-12-9(2)15-10(3)17-14(12)19/h8,11H,4-7H2,1-3H3,(H,16,18)(H,15,17,19)/t8-/m1/s1. The van der Waals surface area contributed by atoms with Crippen LogP contribution < -0.4 is 10.9 Å². The Morgan fingerprint density at radius 2 is 2.16 bits per heavy atom. The molecule has 1 atom stereocenters. The highest BCUT2D eigenvalue weighted by molar-refractivity contribution is 5.76. The molecule has 0 saturated heterocycles. The number of aryl methyl sites for hydroxylation is 2. The van der Waals surface area contributed by atoms with Gasteiger partial charge in [0.1, 0.15) is 5.82 Å². The molecule has 2 N–H and O–H groups in total. The second-order valence-electron chi connectivity index (χ2n) is 5.41. The molecule has 1 fully saturated rings. The quantitative estimate of drug-likeness (QED) is 0.839. The second-order valence-corrected chi connectivity index (χ2v) is 5.41. The van der Waals surface area contributed by atoms with Crippen molar-refractivity contribution in [2.45, 2.75) is 52.5 Å². The van der Waals surface area contributed by atoms with Gasteiger partial charge in [0.25, 0.3) is 5.56 Å². The fraction of sp³-hybridized carbons (Fsp3) is 0.643. The van der Waals surface area contributed by atoms with Gasteiger partial charge in [0.2, 0.25) is 5.91 Å². The van der Waals surface area contributed by atoms with E-state index in [0.29, 0.717) is 35.8 Å². The Labute approximate surface area is 112 Å². The molecule has 0 aliphatic heterocycles. The van der Waals surface area contributed by atoms with Crippen LogP contribution in [0.2, 0.25) is 0 Å². The van der Waals surface area contributed by atoms with Gasteiger partial charge >= 0.3 is 0 Å². The Kier molecular flexibility index (Phi) is 4.02. The number of nitrogens with zero attached hydrogens (tertiary/aromatic N) is 1. The molecule has 1 aromatic heterocycles. The SMILES string of the molecule is Cc1nc(C)c(CCC(=O)N[C@H](C)C2CC2)c(=O)[nH]1. The second kappa shape index (κ2) is 5.55. The molecule has 0 radical (unpaired) electrons. The number of H-pyrrole nitrogens is 1. The monoisotopic (exact) mass is 263 g/mol. The van der Waals surface area contributed by atoms with Crippen LogP contribution >= 0.6 is 0 Å². The zero-order valence-electron chi connectivity index (χ0n) is 11.7. The molecule has 5 nitrogen and oxygen atoms in total. The van der Waals surface area contributed by atoms with E-state index in [-0.39, 0.29) is 17.5 Å². The van der Waals surface area contributed by atoms with Crippen molar-refractivity contribution in [1.29, 1.82) is 0 Å². The third kappa shape index (κ3) is 3.66. The van der Waals surface area contributed by atoms with Crippen LogP contribution in [0.3, 0.4) is 0 Å². The number of hydrogen-bond acceptors (Lipinski definition) is 3. The van der Waals surface area contributed by atoms with E-state index in [4.69, 9.17) is 0 Å². The first-order chi connectivity index (χ1) is 8.97. The predicted molar refractivity (Wildman–Crippen MR) is 73.0 cm³/mol. The molecule has 104 valence electrons. The molecule has 0 unspecified atom stereocenters. The zero-order chi connectivity index (χ0) is 14.0. The van der Waals surface area contributed by atoms with E-state index in [1.165, 1.54) is 12.8 Å². The van der Waals surface area contributed by atoms with Crippen LogP contribution in [0.25, 0.3) is 0 Å². The maximum atomic E-state index is 11.8. The molecular weight excluding hydrogens is 242 g/mol. The normalized spacial score (nSPS) is 16.2. The predicted octanol–water partition coefficient (Wildman–Crippen LogP) is 1.23. The van der Waals surface area contributed by atoms with Crippen LogP contribution in [0.5, 0.6) is 0 Å². The molecule has 1 aromatic rings. The first-order valence-electron chi connectivity index (χ1n) is 6.83. The Morgan fingerprint density at radius 1 is 1.47 bits per heavy atom. The summed E-state index contributed by atoms with van der Waals surface area (Å²) in [5.74, 6) is 1.27. The topological polar surface area (TPSA) is 74.8 Å². The summed E-state index contributed by atoms with van der Waals surface area (Å²) in [6.07, 6.45) is 3.20. The Balaban J connectivity index is 1.91. The maximum absolute atomic E-state index is 11.8. The fourth-order valence-electron chi connectivity index (χ4n) is 2.32. The molecule has 1 aliphatic rings. The molecule has 5 heteroatoms. The first-order valence-corrected chi connectivity index (χ1v) is 6.83. The molecule has 0 bridgehead atoms. The number of carbonyl (C=O) groups is 1. The molecule has 0 aromatic carbocycles. The van der Waals surface area contributed by atoms with Crippen molar-refractivity contribution in [2.24, 2.45) is 5.92 Å². The molecule has 1 amide bonds. The lowest BCUT2D eigenvalue weighted by Crippen LogP contribution is -2.34. The molecule has 1 aliphatic carbocycles. The van der Waals surface area contributed by atoms with Gasteiger partial charge in [-0.15, -0.1) is 0 Å². The van der Waals surface area contributed by atoms with E-state index in [1.54, 1.807) is 6.92 Å². The smallest absolute Gasteiger partial charge is 0.254 e.